The Bertz CT molecular complexity index is 754. The molecule has 1 saturated carbocycles. The topological polar surface area (TPSA) is 68.2 Å². The molecule has 1 aromatic carbocycles. The summed E-state index contributed by atoms with van der Waals surface area (Å²) in [7, 11) is 3.12. The molecule has 25 heavy (non-hydrogen) atoms. The molecule has 5 rings (SSSR count). The molecule has 1 saturated heterocycles. The molecule has 2 bridgehead atoms. The molecule has 3 aliphatic carbocycles. The van der Waals surface area contributed by atoms with E-state index in [9.17, 15) is 9.59 Å². The summed E-state index contributed by atoms with van der Waals surface area (Å²) in [4.78, 5) is 25.4. The van der Waals surface area contributed by atoms with Gasteiger partial charge in [0.25, 0.3) is 11.8 Å². The SMILES string of the molecule is COc1ccc(/C=N/N2C(=O)C3C4C=CC(CC4)C3C2=O)cc1OC. The lowest BCUT2D eigenvalue weighted by Crippen LogP contribution is -2.38. The highest BCUT2D eigenvalue weighted by atomic mass is 16.5. The van der Waals surface area contributed by atoms with Gasteiger partial charge in [-0.1, -0.05) is 12.2 Å². The maximum absolute atomic E-state index is 12.7. The molecule has 4 aliphatic rings. The molecule has 0 aromatic heterocycles. The van der Waals surface area contributed by atoms with Crippen LogP contribution >= 0.6 is 0 Å². The van der Waals surface area contributed by atoms with E-state index in [1.54, 1.807) is 32.4 Å². The summed E-state index contributed by atoms with van der Waals surface area (Å²) in [6.45, 7) is 0. The number of carbonyl (C=O) groups is 2. The second-order valence-electron chi connectivity index (χ2n) is 6.69. The number of imide groups is 1. The quantitative estimate of drug-likeness (QED) is 0.479. The first kappa shape index (κ1) is 15.9. The van der Waals surface area contributed by atoms with Crippen LogP contribution in [0.25, 0.3) is 0 Å². The molecule has 1 heterocycles. The first-order valence-corrected chi connectivity index (χ1v) is 8.46. The highest BCUT2D eigenvalue weighted by molar-refractivity contribution is 6.06. The van der Waals surface area contributed by atoms with Crippen molar-refractivity contribution in [2.24, 2.45) is 28.8 Å². The van der Waals surface area contributed by atoms with Crippen LogP contribution in [-0.4, -0.2) is 37.3 Å². The van der Waals surface area contributed by atoms with Gasteiger partial charge in [0.2, 0.25) is 0 Å². The van der Waals surface area contributed by atoms with E-state index in [4.69, 9.17) is 9.47 Å². The number of rotatable bonds is 4. The van der Waals surface area contributed by atoms with Crippen molar-refractivity contribution in [2.75, 3.05) is 14.2 Å². The maximum atomic E-state index is 12.7. The third-order valence-electron chi connectivity index (χ3n) is 5.47. The third kappa shape index (κ3) is 2.44. The van der Waals surface area contributed by atoms with Crippen LogP contribution in [0.2, 0.25) is 0 Å². The molecule has 2 amide bonds. The summed E-state index contributed by atoms with van der Waals surface area (Å²) in [6.07, 6.45) is 7.68. The number of hydrogen-bond acceptors (Lipinski definition) is 5. The van der Waals surface area contributed by atoms with Gasteiger partial charge >= 0.3 is 0 Å². The molecule has 4 unspecified atom stereocenters. The third-order valence-corrected chi connectivity index (χ3v) is 5.47. The Morgan fingerprint density at radius 1 is 1.00 bits per heavy atom. The van der Waals surface area contributed by atoms with Gasteiger partial charge in [-0.15, -0.1) is 0 Å². The van der Waals surface area contributed by atoms with Gasteiger partial charge in [-0.2, -0.15) is 10.1 Å². The van der Waals surface area contributed by atoms with Gasteiger partial charge in [-0.3, -0.25) is 9.59 Å². The number of hydrogen-bond donors (Lipinski definition) is 0. The molecule has 6 heteroatoms. The predicted octanol–water partition coefficient (Wildman–Crippen LogP) is 2.23. The van der Waals surface area contributed by atoms with Crippen LogP contribution < -0.4 is 9.47 Å². The van der Waals surface area contributed by atoms with Gasteiger partial charge in [0, 0.05) is 0 Å². The Morgan fingerprint density at radius 3 is 2.12 bits per heavy atom. The summed E-state index contributed by atoms with van der Waals surface area (Å²) in [5.74, 6) is 0.706. The van der Waals surface area contributed by atoms with Crippen molar-refractivity contribution in [3.8, 4) is 11.5 Å². The Kier molecular flexibility index (Phi) is 3.82. The number of carbonyl (C=O) groups excluding carboxylic acids is 2. The minimum Gasteiger partial charge on any atom is -0.493 e. The normalized spacial score (nSPS) is 30.2. The van der Waals surface area contributed by atoms with Gasteiger partial charge in [-0.05, 0) is 48.4 Å². The number of amides is 2. The van der Waals surface area contributed by atoms with Crippen molar-refractivity contribution in [3.05, 3.63) is 35.9 Å². The monoisotopic (exact) mass is 340 g/mol. The molecule has 1 aromatic rings. The fraction of sp³-hybridized carbons (Fsp3) is 0.421. The van der Waals surface area contributed by atoms with Crippen molar-refractivity contribution in [2.45, 2.75) is 12.8 Å². The van der Waals surface area contributed by atoms with E-state index < -0.39 is 0 Å². The molecule has 0 N–H and O–H groups in total. The lowest BCUT2D eigenvalue weighted by molar-refractivity contribution is -0.140. The zero-order valence-corrected chi connectivity index (χ0v) is 14.2. The smallest absolute Gasteiger partial charge is 0.254 e. The molecular formula is C19H20N2O4. The van der Waals surface area contributed by atoms with Crippen molar-refractivity contribution < 1.29 is 19.1 Å². The van der Waals surface area contributed by atoms with Crippen LogP contribution in [-0.2, 0) is 9.59 Å². The fourth-order valence-corrected chi connectivity index (χ4v) is 4.23. The minimum atomic E-state index is -0.237. The van der Waals surface area contributed by atoms with Crippen molar-refractivity contribution in [1.29, 1.82) is 0 Å². The fourth-order valence-electron chi connectivity index (χ4n) is 4.23. The number of ether oxygens (including phenoxy) is 2. The van der Waals surface area contributed by atoms with Crippen molar-refractivity contribution in [3.63, 3.8) is 0 Å². The van der Waals surface area contributed by atoms with E-state index in [2.05, 4.69) is 17.3 Å². The van der Waals surface area contributed by atoms with Crippen LogP contribution in [0.3, 0.4) is 0 Å². The lowest BCUT2D eigenvalue weighted by Gasteiger charge is -2.37. The van der Waals surface area contributed by atoms with E-state index in [0.29, 0.717) is 11.5 Å². The maximum Gasteiger partial charge on any atom is 0.254 e. The molecule has 0 spiro atoms. The van der Waals surface area contributed by atoms with Gasteiger partial charge in [0.1, 0.15) is 0 Å². The zero-order valence-electron chi connectivity index (χ0n) is 14.2. The van der Waals surface area contributed by atoms with E-state index in [1.807, 2.05) is 0 Å². The number of hydrazone groups is 1. The number of nitrogens with zero attached hydrogens (tertiary/aromatic N) is 2. The number of fused-ring (bicyclic) bond motifs is 1. The zero-order chi connectivity index (χ0) is 17.6. The summed E-state index contributed by atoms with van der Waals surface area (Å²) >= 11 is 0. The van der Waals surface area contributed by atoms with Gasteiger partial charge in [0.15, 0.2) is 11.5 Å². The van der Waals surface area contributed by atoms with Gasteiger partial charge < -0.3 is 9.47 Å². The summed E-state index contributed by atoms with van der Waals surface area (Å²) < 4.78 is 10.5. The molecule has 130 valence electrons. The van der Waals surface area contributed by atoms with Crippen LogP contribution in [0.15, 0.2) is 35.5 Å². The molecular weight excluding hydrogens is 320 g/mol. The Hall–Kier alpha value is -2.63. The average molecular weight is 340 g/mol. The second kappa shape index (κ2) is 6.02. The molecule has 6 nitrogen and oxygen atoms in total. The van der Waals surface area contributed by atoms with Crippen LogP contribution in [0, 0.1) is 23.7 Å². The lowest BCUT2D eigenvalue weighted by atomic mass is 9.63. The van der Waals surface area contributed by atoms with Crippen molar-refractivity contribution in [1.82, 2.24) is 5.01 Å². The van der Waals surface area contributed by atoms with Crippen LogP contribution in [0.4, 0.5) is 0 Å². The first-order chi connectivity index (χ1) is 12.1. The number of allylic oxidation sites excluding steroid dienone is 2. The van der Waals surface area contributed by atoms with Crippen LogP contribution in [0.5, 0.6) is 11.5 Å². The van der Waals surface area contributed by atoms with Crippen molar-refractivity contribution >= 4 is 18.0 Å². The highest BCUT2D eigenvalue weighted by Crippen LogP contribution is 2.49. The minimum absolute atomic E-state index is 0.174. The predicted molar refractivity (Wildman–Crippen MR) is 91.3 cm³/mol. The Balaban J connectivity index is 1.58. The van der Waals surface area contributed by atoms with E-state index >= 15 is 0 Å². The Morgan fingerprint density at radius 2 is 1.60 bits per heavy atom. The van der Waals surface area contributed by atoms with E-state index in [-0.39, 0.29) is 35.5 Å². The molecule has 2 fully saturated rings. The van der Waals surface area contributed by atoms with Crippen LogP contribution in [0.1, 0.15) is 18.4 Å². The summed E-state index contributed by atoms with van der Waals surface area (Å²) in [5, 5.41) is 5.25. The second-order valence-corrected chi connectivity index (χ2v) is 6.69. The first-order valence-electron chi connectivity index (χ1n) is 8.46. The van der Waals surface area contributed by atoms with Gasteiger partial charge in [0.05, 0.1) is 32.3 Å². The highest BCUT2D eigenvalue weighted by Gasteiger charge is 2.56. The standard InChI is InChI=1S/C19H20N2O4/c1-24-14-8-3-11(9-15(14)25-2)10-20-21-18(22)16-12-4-5-13(7-6-12)17(16)19(21)23/h3-5,8-10,12-13,16-17H,6-7H2,1-2H3/b20-10+. The summed E-state index contributed by atoms with van der Waals surface area (Å²) in [6, 6.07) is 5.32. The molecule has 4 atom stereocenters. The summed E-state index contributed by atoms with van der Waals surface area (Å²) in [5.41, 5.74) is 0.731. The number of methoxy groups -OCH3 is 2. The van der Waals surface area contributed by atoms with E-state index in [1.165, 1.54) is 6.21 Å². The average Bonchev–Trinajstić information content (AvgIpc) is 2.93. The number of benzene rings is 1. The Labute approximate surface area is 146 Å². The van der Waals surface area contributed by atoms with E-state index in [0.717, 1.165) is 23.4 Å². The largest absolute Gasteiger partial charge is 0.493 e. The molecule has 0 radical (unpaired) electrons. The molecule has 1 aliphatic heterocycles. The van der Waals surface area contributed by atoms with Gasteiger partial charge in [-0.25, -0.2) is 0 Å².